The summed E-state index contributed by atoms with van der Waals surface area (Å²) >= 11 is 0. The van der Waals surface area contributed by atoms with E-state index in [4.69, 9.17) is 0 Å². The third-order valence-electron chi connectivity index (χ3n) is 4.10. The summed E-state index contributed by atoms with van der Waals surface area (Å²) in [4.78, 5) is 4.29. The van der Waals surface area contributed by atoms with Crippen LogP contribution in [0.4, 0.5) is 0 Å². The number of nitrogens with zero attached hydrogens (tertiary/aromatic N) is 3. The van der Waals surface area contributed by atoms with Gasteiger partial charge in [-0.05, 0) is 32.8 Å². The van der Waals surface area contributed by atoms with Crippen molar-refractivity contribution >= 4 is 29.9 Å². The van der Waals surface area contributed by atoms with Crippen molar-refractivity contribution in [2.24, 2.45) is 12.0 Å². The predicted molar refractivity (Wildman–Crippen MR) is 111 cm³/mol. The Kier molecular flexibility index (Phi) is 8.24. The molecule has 0 radical (unpaired) electrons. The Balaban J connectivity index is 0.00000288. The molecular weight excluding hydrogens is 413 g/mol. The Labute approximate surface area is 162 Å². The van der Waals surface area contributed by atoms with Crippen LogP contribution in [0.3, 0.4) is 0 Å². The molecule has 0 saturated carbocycles. The van der Waals surface area contributed by atoms with Gasteiger partial charge in [-0.2, -0.15) is 5.10 Å². The van der Waals surface area contributed by atoms with E-state index in [9.17, 15) is 0 Å². The highest BCUT2D eigenvalue weighted by atomic mass is 127. The molecule has 24 heavy (non-hydrogen) atoms. The predicted octanol–water partition coefficient (Wildman–Crippen LogP) is 2.87. The average Bonchev–Trinajstić information content (AvgIpc) is 2.76. The molecule has 0 aliphatic carbocycles. The summed E-state index contributed by atoms with van der Waals surface area (Å²) in [5.74, 6) is 0.820. The second kappa shape index (κ2) is 9.66. The molecule has 2 N–H and O–H groups in total. The summed E-state index contributed by atoms with van der Waals surface area (Å²) in [6.45, 7) is 7.84. The molecule has 0 aliphatic heterocycles. The summed E-state index contributed by atoms with van der Waals surface area (Å²) in [7, 11) is 3.77. The molecule has 0 amide bonds. The molecule has 6 heteroatoms. The van der Waals surface area contributed by atoms with E-state index < -0.39 is 0 Å². The Bertz CT molecular complexity index is 691. The van der Waals surface area contributed by atoms with Crippen molar-refractivity contribution in [2.75, 3.05) is 13.6 Å². The van der Waals surface area contributed by atoms with Crippen molar-refractivity contribution in [2.45, 2.75) is 33.7 Å². The maximum Gasteiger partial charge on any atom is 0.191 e. The minimum Gasteiger partial charge on any atom is -0.356 e. The zero-order valence-corrected chi connectivity index (χ0v) is 17.5. The summed E-state index contributed by atoms with van der Waals surface area (Å²) in [5.41, 5.74) is 6.12. The fourth-order valence-electron chi connectivity index (χ4n) is 2.66. The highest BCUT2D eigenvalue weighted by Crippen LogP contribution is 2.11. The van der Waals surface area contributed by atoms with Crippen LogP contribution >= 0.6 is 24.0 Å². The number of nitrogens with one attached hydrogen (secondary N) is 2. The number of benzene rings is 1. The first-order chi connectivity index (χ1) is 11.0. The summed E-state index contributed by atoms with van der Waals surface area (Å²) in [6.07, 6.45) is 0.979. The molecule has 0 atom stereocenters. The van der Waals surface area contributed by atoms with E-state index in [0.29, 0.717) is 0 Å². The molecule has 2 aromatic rings. The second-order valence-corrected chi connectivity index (χ2v) is 5.86. The topological polar surface area (TPSA) is 54.2 Å². The van der Waals surface area contributed by atoms with E-state index in [1.165, 1.54) is 22.4 Å². The lowest BCUT2D eigenvalue weighted by atomic mass is 10.1. The molecule has 0 spiro atoms. The number of aromatic nitrogens is 2. The van der Waals surface area contributed by atoms with Gasteiger partial charge in [0.1, 0.15) is 0 Å². The molecule has 1 aromatic carbocycles. The average molecular weight is 441 g/mol. The van der Waals surface area contributed by atoms with Crippen molar-refractivity contribution < 1.29 is 0 Å². The van der Waals surface area contributed by atoms with Gasteiger partial charge in [0.05, 0.1) is 5.69 Å². The van der Waals surface area contributed by atoms with Crippen molar-refractivity contribution in [1.29, 1.82) is 0 Å². The van der Waals surface area contributed by atoms with Gasteiger partial charge >= 0.3 is 0 Å². The van der Waals surface area contributed by atoms with E-state index in [1.54, 1.807) is 7.05 Å². The molecule has 1 aromatic heterocycles. The number of aryl methyl sites for hydroxylation is 3. The van der Waals surface area contributed by atoms with Crippen LogP contribution in [0.2, 0.25) is 0 Å². The van der Waals surface area contributed by atoms with Crippen LogP contribution in [0.15, 0.2) is 29.3 Å². The largest absolute Gasteiger partial charge is 0.356 e. The van der Waals surface area contributed by atoms with Gasteiger partial charge in [-0.15, -0.1) is 24.0 Å². The fraction of sp³-hybridized carbons (Fsp3) is 0.444. The standard InChI is InChI=1S/C18H27N5.HI/c1-13-7-6-8-16(11-13)9-10-20-18(19-4)21-12-17-14(2)22-23(5)15(17)3;/h6-8,11H,9-10,12H2,1-5H3,(H2,19,20,21);1H. The molecule has 0 bridgehead atoms. The fourth-order valence-corrected chi connectivity index (χ4v) is 2.66. The van der Waals surface area contributed by atoms with Gasteiger partial charge in [-0.1, -0.05) is 29.8 Å². The number of rotatable bonds is 5. The molecule has 0 unspecified atom stereocenters. The smallest absolute Gasteiger partial charge is 0.191 e. The van der Waals surface area contributed by atoms with Gasteiger partial charge in [0.25, 0.3) is 0 Å². The number of hydrogen-bond acceptors (Lipinski definition) is 2. The van der Waals surface area contributed by atoms with Crippen molar-refractivity contribution in [3.05, 3.63) is 52.3 Å². The highest BCUT2D eigenvalue weighted by Gasteiger charge is 2.09. The van der Waals surface area contributed by atoms with Gasteiger partial charge in [0.2, 0.25) is 0 Å². The van der Waals surface area contributed by atoms with Crippen LogP contribution in [0, 0.1) is 20.8 Å². The minimum atomic E-state index is 0. The Morgan fingerprint density at radius 1 is 1.21 bits per heavy atom. The molecule has 1 heterocycles. The first-order valence-corrected chi connectivity index (χ1v) is 8.00. The summed E-state index contributed by atoms with van der Waals surface area (Å²) < 4.78 is 1.92. The van der Waals surface area contributed by atoms with Crippen molar-refractivity contribution in [3.8, 4) is 0 Å². The minimum absolute atomic E-state index is 0. The molecular formula is C18H28IN5. The van der Waals surface area contributed by atoms with E-state index in [-0.39, 0.29) is 24.0 Å². The quantitative estimate of drug-likeness (QED) is 0.426. The normalized spacial score (nSPS) is 11.1. The first-order valence-electron chi connectivity index (χ1n) is 8.00. The molecule has 5 nitrogen and oxygen atoms in total. The maximum absolute atomic E-state index is 4.44. The van der Waals surface area contributed by atoms with Gasteiger partial charge in [-0.25, -0.2) is 0 Å². The van der Waals surface area contributed by atoms with Crippen molar-refractivity contribution in [1.82, 2.24) is 20.4 Å². The van der Waals surface area contributed by atoms with E-state index in [2.05, 4.69) is 58.8 Å². The molecule has 0 saturated heterocycles. The lowest BCUT2D eigenvalue weighted by molar-refractivity contribution is 0.728. The summed E-state index contributed by atoms with van der Waals surface area (Å²) in [6, 6.07) is 8.61. The zero-order valence-electron chi connectivity index (χ0n) is 15.2. The summed E-state index contributed by atoms with van der Waals surface area (Å²) in [5, 5.41) is 11.2. The van der Waals surface area contributed by atoms with E-state index in [0.717, 1.165) is 31.2 Å². The van der Waals surface area contributed by atoms with E-state index >= 15 is 0 Å². The number of guanidine groups is 1. The van der Waals surface area contributed by atoms with Crippen LogP contribution in [0.1, 0.15) is 28.1 Å². The van der Waals surface area contributed by atoms with Gasteiger partial charge in [-0.3, -0.25) is 9.67 Å². The lowest BCUT2D eigenvalue weighted by Gasteiger charge is -2.12. The zero-order chi connectivity index (χ0) is 16.8. The van der Waals surface area contributed by atoms with Gasteiger partial charge < -0.3 is 10.6 Å². The van der Waals surface area contributed by atoms with Gasteiger partial charge in [0, 0.05) is 38.4 Å². The van der Waals surface area contributed by atoms with Crippen LogP contribution in [0.25, 0.3) is 0 Å². The van der Waals surface area contributed by atoms with Crippen LogP contribution in [0.5, 0.6) is 0 Å². The Morgan fingerprint density at radius 3 is 2.54 bits per heavy atom. The Morgan fingerprint density at radius 2 is 1.96 bits per heavy atom. The second-order valence-electron chi connectivity index (χ2n) is 5.86. The Hall–Kier alpha value is -1.57. The van der Waals surface area contributed by atoms with Crippen LogP contribution in [-0.4, -0.2) is 29.3 Å². The maximum atomic E-state index is 4.44. The molecule has 0 aliphatic rings. The highest BCUT2D eigenvalue weighted by molar-refractivity contribution is 14.0. The molecule has 0 fully saturated rings. The SMILES string of the molecule is CN=C(NCCc1cccc(C)c1)NCc1c(C)nn(C)c1C.I. The first kappa shape index (κ1) is 20.5. The van der Waals surface area contributed by atoms with Crippen LogP contribution in [-0.2, 0) is 20.0 Å². The monoisotopic (exact) mass is 441 g/mol. The molecule has 2 rings (SSSR count). The molecule has 132 valence electrons. The van der Waals surface area contributed by atoms with Crippen LogP contribution < -0.4 is 10.6 Å². The van der Waals surface area contributed by atoms with E-state index in [1.807, 2.05) is 18.7 Å². The third-order valence-corrected chi connectivity index (χ3v) is 4.10. The van der Waals surface area contributed by atoms with Crippen molar-refractivity contribution in [3.63, 3.8) is 0 Å². The number of halogens is 1. The number of hydrogen-bond donors (Lipinski definition) is 2. The van der Waals surface area contributed by atoms with Gasteiger partial charge in [0.15, 0.2) is 5.96 Å². The lowest BCUT2D eigenvalue weighted by Crippen LogP contribution is -2.38. The third kappa shape index (κ3) is 5.51. The number of aliphatic imine (C=N–C) groups is 1.